The number of rotatable bonds is 10. The molecule has 3 heteroatoms. The molecule has 0 saturated carbocycles. The molecule has 1 rings (SSSR count). The van der Waals surface area contributed by atoms with Crippen LogP contribution in [0, 0.1) is 6.92 Å². The molecule has 0 aliphatic heterocycles. The van der Waals surface area contributed by atoms with Gasteiger partial charge in [-0.25, -0.2) is 4.79 Å². The summed E-state index contributed by atoms with van der Waals surface area (Å²) in [4.78, 5) is 21.5. The second-order valence-corrected chi connectivity index (χ2v) is 5.59. The molecule has 1 aromatic rings. The Kier molecular flexibility index (Phi) is 8.76. The number of benzene rings is 1. The molecule has 0 N–H and O–H groups in total. The van der Waals surface area contributed by atoms with Gasteiger partial charge in [0, 0.05) is 0 Å². The molecule has 0 amide bonds. The Morgan fingerprint density at radius 3 is 2.29 bits per heavy atom. The molecule has 0 bridgehead atoms. The Balaban J connectivity index is 2.16. The predicted octanol–water partition coefficient (Wildman–Crippen LogP) is 5.07. The maximum Gasteiger partial charge on any atom is 0.373 e. The monoisotopic (exact) mass is 291 g/mol. The van der Waals surface area contributed by atoms with E-state index in [0.29, 0.717) is 18.1 Å². The summed E-state index contributed by atoms with van der Waals surface area (Å²) in [7, 11) is 0. The van der Waals surface area contributed by atoms with Gasteiger partial charge in [0.25, 0.3) is 0 Å². The van der Waals surface area contributed by atoms with Crippen molar-refractivity contribution in [2.75, 3.05) is 6.61 Å². The van der Waals surface area contributed by atoms with Gasteiger partial charge in [0.1, 0.15) is 0 Å². The second-order valence-electron chi connectivity index (χ2n) is 5.59. The first-order valence-corrected chi connectivity index (χ1v) is 7.88. The van der Waals surface area contributed by atoms with Crippen LogP contribution < -0.4 is 0 Å². The molecule has 0 saturated heterocycles. The first-order chi connectivity index (χ1) is 10.1. The summed E-state index contributed by atoms with van der Waals surface area (Å²) in [6.45, 7) is 8.51. The van der Waals surface area contributed by atoms with E-state index < -0.39 is 5.97 Å². The third kappa shape index (κ3) is 7.28. The number of unbranched alkanes of at least 4 members (excludes halogenated alkanes) is 5. The summed E-state index contributed by atoms with van der Waals surface area (Å²) < 4.78 is 0. The molecule has 3 nitrogen and oxygen atoms in total. The molecule has 0 aliphatic carbocycles. The predicted molar refractivity (Wildman–Crippen MR) is 85.0 cm³/mol. The van der Waals surface area contributed by atoms with Crippen LogP contribution in [0.2, 0.25) is 0 Å². The van der Waals surface area contributed by atoms with E-state index in [1.165, 1.54) is 24.8 Å². The normalized spacial score (nSPS) is 10.9. The van der Waals surface area contributed by atoms with Gasteiger partial charge in [0.2, 0.25) is 0 Å². The van der Waals surface area contributed by atoms with Gasteiger partial charge < -0.3 is 0 Å². The minimum atomic E-state index is -0.428. The van der Waals surface area contributed by atoms with Crippen molar-refractivity contribution in [2.45, 2.75) is 58.3 Å². The SMILES string of the molecule is [CH2]CCCCCCCOOC(=O)c1ccc(C(C)C)cc1. The number of hydrogen-bond donors (Lipinski definition) is 0. The lowest BCUT2D eigenvalue weighted by molar-refractivity contribution is -0.241. The lowest BCUT2D eigenvalue weighted by atomic mass is 10.0. The molecule has 0 fully saturated rings. The van der Waals surface area contributed by atoms with Crippen LogP contribution >= 0.6 is 0 Å². The minimum Gasteiger partial charge on any atom is -0.293 e. The molecular weight excluding hydrogens is 264 g/mol. The lowest BCUT2D eigenvalue weighted by Crippen LogP contribution is -2.07. The Labute approximate surface area is 128 Å². The minimum absolute atomic E-state index is 0.428. The van der Waals surface area contributed by atoms with Crippen molar-refractivity contribution in [3.8, 4) is 0 Å². The third-order valence-corrected chi connectivity index (χ3v) is 3.43. The van der Waals surface area contributed by atoms with Crippen molar-refractivity contribution in [1.29, 1.82) is 0 Å². The van der Waals surface area contributed by atoms with Gasteiger partial charge >= 0.3 is 5.97 Å². The Morgan fingerprint density at radius 1 is 1.05 bits per heavy atom. The molecule has 117 valence electrons. The highest BCUT2D eigenvalue weighted by molar-refractivity contribution is 5.88. The molecule has 0 unspecified atom stereocenters. The van der Waals surface area contributed by atoms with Gasteiger partial charge in [-0.15, -0.1) is 0 Å². The quantitative estimate of drug-likeness (QED) is 0.343. The van der Waals surface area contributed by atoms with E-state index in [2.05, 4.69) is 20.8 Å². The molecule has 1 radical (unpaired) electrons. The van der Waals surface area contributed by atoms with Gasteiger partial charge in [-0.05, 0) is 30.0 Å². The summed E-state index contributed by atoms with van der Waals surface area (Å²) in [6.07, 6.45) is 6.60. The van der Waals surface area contributed by atoms with Crippen molar-refractivity contribution in [2.24, 2.45) is 0 Å². The zero-order chi connectivity index (χ0) is 15.5. The standard InChI is InChI=1S/C18H27O3/c1-4-5-6-7-8-9-14-20-21-18(19)17-12-10-16(11-13-17)15(2)3/h10-13,15H,1,4-9,14H2,2-3H3. The van der Waals surface area contributed by atoms with E-state index in [9.17, 15) is 4.79 Å². The maximum absolute atomic E-state index is 11.7. The molecule has 0 aliphatic rings. The lowest BCUT2D eigenvalue weighted by Gasteiger charge is -2.07. The van der Waals surface area contributed by atoms with Crippen molar-refractivity contribution in [3.63, 3.8) is 0 Å². The molecule has 0 aromatic heterocycles. The third-order valence-electron chi connectivity index (χ3n) is 3.43. The van der Waals surface area contributed by atoms with Gasteiger partial charge in [-0.1, -0.05) is 65.0 Å². The van der Waals surface area contributed by atoms with Crippen molar-refractivity contribution in [1.82, 2.24) is 0 Å². The van der Waals surface area contributed by atoms with Gasteiger partial charge in [-0.3, -0.25) is 4.89 Å². The number of hydrogen-bond acceptors (Lipinski definition) is 3. The Morgan fingerprint density at radius 2 is 1.67 bits per heavy atom. The molecule has 21 heavy (non-hydrogen) atoms. The second kappa shape index (κ2) is 10.4. The highest BCUT2D eigenvalue weighted by Gasteiger charge is 2.08. The zero-order valence-corrected chi connectivity index (χ0v) is 13.3. The van der Waals surface area contributed by atoms with E-state index in [-0.39, 0.29) is 0 Å². The fraction of sp³-hybridized carbons (Fsp3) is 0.556. The Hall–Kier alpha value is -1.35. The van der Waals surface area contributed by atoms with Gasteiger partial charge in [0.15, 0.2) is 0 Å². The summed E-state index contributed by atoms with van der Waals surface area (Å²) in [5.74, 6) is 0.0252. The highest BCUT2D eigenvalue weighted by Crippen LogP contribution is 2.15. The van der Waals surface area contributed by atoms with Crippen molar-refractivity contribution < 1.29 is 14.6 Å². The van der Waals surface area contributed by atoms with Crippen LogP contribution in [0.5, 0.6) is 0 Å². The first kappa shape index (κ1) is 17.7. The van der Waals surface area contributed by atoms with E-state index in [4.69, 9.17) is 9.78 Å². The number of carbonyl (C=O) groups excluding carboxylic acids is 1. The smallest absolute Gasteiger partial charge is 0.293 e. The fourth-order valence-corrected chi connectivity index (χ4v) is 2.02. The van der Waals surface area contributed by atoms with Crippen molar-refractivity contribution >= 4 is 5.97 Å². The van der Waals surface area contributed by atoms with Crippen LogP contribution in [0.15, 0.2) is 24.3 Å². The summed E-state index contributed by atoms with van der Waals surface area (Å²) in [5, 5.41) is 0. The van der Waals surface area contributed by atoms with Crippen LogP contribution in [0.3, 0.4) is 0 Å². The maximum atomic E-state index is 11.7. The van der Waals surface area contributed by atoms with E-state index in [1.807, 2.05) is 12.1 Å². The summed E-state index contributed by atoms with van der Waals surface area (Å²) >= 11 is 0. The molecular formula is C18H27O3. The van der Waals surface area contributed by atoms with Crippen LogP contribution in [0.25, 0.3) is 0 Å². The average Bonchev–Trinajstić information content (AvgIpc) is 2.49. The van der Waals surface area contributed by atoms with Crippen LogP contribution in [-0.2, 0) is 9.78 Å². The van der Waals surface area contributed by atoms with Crippen LogP contribution in [0.4, 0.5) is 0 Å². The summed E-state index contributed by atoms with van der Waals surface area (Å²) in [6, 6.07) is 7.45. The van der Waals surface area contributed by atoms with Crippen LogP contribution in [-0.4, -0.2) is 12.6 Å². The van der Waals surface area contributed by atoms with Gasteiger partial charge in [-0.2, -0.15) is 4.89 Å². The summed E-state index contributed by atoms with van der Waals surface area (Å²) in [5.41, 5.74) is 1.73. The topological polar surface area (TPSA) is 35.5 Å². The largest absolute Gasteiger partial charge is 0.373 e. The molecule has 1 aromatic carbocycles. The molecule has 0 atom stereocenters. The van der Waals surface area contributed by atoms with E-state index in [1.54, 1.807) is 12.1 Å². The van der Waals surface area contributed by atoms with E-state index in [0.717, 1.165) is 19.3 Å². The Bertz CT molecular complexity index is 395. The van der Waals surface area contributed by atoms with Gasteiger partial charge in [0.05, 0.1) is 12.2 Å². The molecule has 0 heterocycles. The fourth-order valence-electron chi connectivity index (χ4n) is 2.02. The zero-order valence-electron chi connectivity index (χ0n) is 13.3. The first-order valence-electron chi connectivity index (χ1n) is 7.88. The highest BCUT2D eigenvalue weighted by atomic mass is 17.2. The molecule has 0 spiro atoms. The van der Waals surface area contributed by atoms with E-state index >= 15 is 0 Å². The van der Waals surface area contributed by atoms with Crippen LogP contribution in [0.1, 0.15) is 74.2 Å². The average molecular weight is 291 g/mol. The number of carbonyl (C=O) groups is 1. The van der Waals surface area contributed by atoms with Crippen molar-refractivity contribution in [3.05, 3.63) is 42.3 Å².